The molecule has 0 bridgehead atoms. The van der Waals surface area contributed by atoms with E-state index >= 15 is 0 Å². The molecule has 0 unspecified atom stereocenters. The molecule has 1 aromatic heterocycles. The van der Waals surface area contributed by atoms with Crippen LogP contribution in [0.5, 0.6) is 5.88 Å². The molecule has 0 atom stereocenters. The predicted octanol–water partition coefficient (Wildman–Crippen LogP) is 1.06. The minimum absolute atomic E-state index is 0.0308. The van der Waals surface area contributed by atoms with Crippen LogP contribution in [-0.4, -0.2) is 41.7 Å². The highest BCUT2D eigenvalue weighted by Crippen LogP contribution is 2.23. The van der Waals surface area contributed by atoms with E-state index in [-0.39, 0.29) is 5.54 Å². The summed E-state index contributed by atoms with van der Waals surface area (Å²) in [6.07, 6.45) is 1.76. The standard InChI is InChI=1S/C12H20N4O/c1-4-17-10-5-6-14-11(15-10)16-8-7-13-9-12(16,2)3/h5-6,13H,4,7-9H2,1-3H3. The number of hydrogen-bond donors (Lipinski definition) is 1. The van der Waals surface area contributed by atoms with E-state index in [1.165, 1.54) is 0 Å². The van der Waals surface area contributed by atoms with E-state index in [9.17, 15) is 0 Å². The molecule has 94 valence electrons. The van der Waals surface area contributed by atoms with E-state index in [0.29, 0.717) is 12.5 Å². The van der Waals surface area contributed by atoms with Gasteiger partial charge in [0.05, 0.1) is 6.61 Å². The summed E-state index contributed by atoms with van der Waals surface area (Å²) in [6.45, 7) is 9.78. The lowest BCUT2D eigenvalue weighted by Crippen LogP contribution is -2.58. The van der Waals surface area contributed by atoms with Crippen LogP contribution in [0.25, 0.3) is 0 Å². The van der Waals surface area contributed by atoms with Crippen LogP contribution in [0.4, 0.5) is 5.95 Å². The van der Waals surface area contributed by atoms with Crippen molar-refractivity contribution in [2.45, 2.75) is 26.3 Å². The minimum atomic E-state index is 0.0308. The summed E-state index contributed by atoms with van der Waals surface area (Å²) >= 11 is 0. The van der Waals surface area contributed by atoms with Gasteiger partial charge in [0.2, 0.25) is 11.8 Å². The SMILES string of the molecule is CCOc1ccnc(N2CCNCC2(C)C)n1. The zero-order chi connectivity index (χ0) is 12.3. The smallest absolute Gasteiger partial charge is 0.229 e. The summed E-state index contributed by atoms with van der Waals surface area (Å²) < 4.78 is 5.41. The lowest BCUT2D eigenvalue weighted by molar-refractivity contribution is 0.323. The molecule has 5 nitrogen and oxygen atoms in total. The van der Waals surface area contributed by atoms with Gasteiger partial charge in [0, 0.05) is 37.4 Å². The first-order valence-electron chi connectivity index (χ1n) is 6.08. The van der Waals surface area contributed by atoms with E-state index in [1.807, 2.05) is 6.92 Å². The molecule has 2 rings (SSSR count). The van der Waals surface area contributed by atoms with E-state index < -0.39 is 0 Å². The third-order valence-corrected chi connectivity index (χ3v) is 2.95. The quantitative estimate of drug-likeness (QED) is 0.850. The average molecular weight is 236 g/mol. The van der Waals surface area contributed by atoms with Gasteiger partial charge in [-0.15, -0.1) is 0 Å². The highest BCUT2D eigenvalue weighted by molar-refractivity contribution is 5.37. The number of anilines is 1. The topological polar surface area (TPSA) is 50.3 Å². The van der Waals surface area contributed by atoms with Gasteiger partial charge < -0.3 is 15.0 Å². The Hall–Kier alpha value is -1.36. The summed E-state index contributed by atoms with van der Waals surface area (Å²) in [5.41, 5.74) is 0.0308. The number of aromatic nitrogens is 2. The van der Waals surface area contributed by atoms with Crippen molar-refractivity contribution >= 4 is 5.95 Å². The van der Waals surface area contributed by atoms with Crippen LogP contribution in [0.1, 0.15) is 20.8 Å². The lowest BCUT2D eigenvalue weighted by Gasteiger charge is -2.42. The van der Waals surface area contributed by atoms with Gasteiger partial charge in [-0.3, -0.25) is 0 Å². The third-order valence-electron chi connectivity index (χ3n) is 2.95. The maximum atomic E-state index is 5.41. The third kappa shape index (κ3) is 2.66. The van der Waals surface area contributed by atoms with Crippen LogP contribution >= 0.6 is 0 Å². The van der Waals surface area contributed by atoms with E-state index in [2.05, 4.69) is 34.0 Å². The van der Waals surface area contributed by atoms with Crippen molar-refractivity contribution in [3.8, 4) is 5.88 Å². The summed E-state index contributed by atoms with van der Waals surface area (Å²) in [5.74, 6) is 1.40. The summed E-state index contributed by atoms with van der Waals surface area (Å²) in [4.78, 5) is 11.0. The van der Waals surface area contributed by atoms with E-state index in [0.717, 1.165) is 25.6 Å². The van der Waals surface area contributed by atoms with Crippen LogP contribution in [0.3, 0.4) is 0 Å². The number of ether oxygens (including phenoxy) is 1. The fourth-order valence-electron chi connectivity index (χ4n) is 2.04. The van der Waals surface area contributed by atoms with E-state index in [1.54, 1.807) is 12.3 Å². The molecule has 0 radical (unpaired) electrons. The Kier molecular flexibility index (Phi) is 3.47. The Morgan fingerprint density at radius 2 is 2.35 bits per heavy atom. The van der Waals surface area contributed by atoms with Gasteiger partial charge in [0.15, 0.2) is 0 Å². The number of nitrogens with zero attached hydrogens (tertiary/aromatic N) is 3. The number of rotatable bonds is 3. The fourth-order valence-corrected chi connectivity index (χ4v) is 2.04. The van der Waals surface area contributed by atoms with Gasteiger partial charge in [-0.2, -0.15) is 4.98 Å². The Bertz CT molecular complexity index is 381. The number of nitrogens with one attached hydrogen (secondary N) is 1. The number of piperazine rings is 1. The van der Waals surface area contributed by atoms with Crippen LogP contribution < -0.4 is 15.0 Å². The monoisotopic (exact) mass is 236 g/mol. The molecule has 5 heteroatoms. The maximum absolute atomic E-state index is 5.41. The molecule has 0 spiro atoms. The first-order valence-corrected chi connectivity index (χ1v) is 6.08. The van der Waals surface area contributed by atoms with Gasteiger partial charge in [0.25, 0.3) is 0 Å². The molecule has 1 aromatic rings. The van der Waals surface area contributed by atoms with Crippen molar-refractivity contribution in [3.63, 3.8) is 0 Å². The number of hydrogen-bond acceptors (Lipinski definition) is 5. The summed E-state index contributed by atoms with van der Waals surface area (Å²) in [7, 11) is 0. The maximum Gasteiger partial charge on any atom is 0.229 e. The Morgan fingerprint density at radius 1 is 1.53 bits per heavy atom. The normalized spacial score (nSPS) is 19.1. The zero-order valence-electron chi connectivity index (χ0n) is 10.7. The Balaban J connectivity index is 2.23. The molecule has 0 saturated carbocycles. The second kappa shape index (κ2) is 4.87. The van der Waals surface area contributed by atoms with Crippen molar-refractivity contribution in [3.05, 3.63) is 12.3 Å². The van der Waals surface area contributed by atoms with Gasteiger partial charge in [-0.1, -0.05) is 0 Å². The van der Waals surface area contributed by atoms with Gasteiger partial charge >= 0.3 is 0 Å². The van der Waals surface area contributed by atoms with Gasteiger partial charge in [-0.25, -0.2) is 4.98 Å². The molecular weight excluding hydrogens is 216 g/mol. The highest BCUT2D eigenvalue weighted by Gasteiger charge is 2.31. The average Bonchev–Trinajstić information content (AvgIpc) is 2.29. The Morgan fingerprint density at radius 3 is 3.06 bits per heavy atom. The Labute approximate surface area is 102 Å². The van der Waals surface area contributed by atoms with Gasteiger partial charge in [-0.05, 0) is 20.8 Å². The minimum Gasteiger partial charge on any atom is -0.478 e. The first-order chi connectivity index (χ1) is 8.13. The second-order valence-corrected chi connectivity index (χ2v) is 4.77. The zero-order valence-corrected chi connectivity index (χ0v) is 10.7. The molecule has 2 heterocycles. The first kappa shape index (κ1) is 12.1. The van der Waals surface area contributed by atoms with Crippen LogP contribution in [0.2, 0.25) is 0 Å². The van der Waals surface area contributed by atoms with Crippen molar-refractivity contribution in [2.24, 2.45) is 0 Å². The highest BCUT2D eigenvalue weighted by atomic mass is 16.5. The van der Waals surface area contributed by atoms with Crippen molar-refractivity contribution < 1.29 is 4.74 Å². The molecule has 1 fully saturated rings. The van der Waals surface area contributed by atoms with Crippen LogP contribution in [0.15, 0.2) is 12.3 Å². The summed E-state index contributed by atoms with van der Waals surface area (Å²) in [6, 6.07) is 1.79. The molecule has 1 N–H and O–H groups in total. The molecule has 1 saturated heterocycles. The fraction of sp³-hybridized carbons (Fsp3) is 0.667. The molecule has 17 heavy (non-hydrogen) atoms. The van der Waals surface area contributed by atoms with Crippen LogP contribution in [-0.2, 0) is 0 Å². The molecule has 0 aromatic carbocycles. The predicted molar refractivity (Wildman–Crippen MR) is 67.5 cm³/mol. The largest absolute Gasteiger partial charge is 0.478 e. The van der Waals surface area contributed by atoms with Crippen molar-refractivity contribution in [1.29, 1.82) is 0 Å². The molecule has 1 aliphatic rings. The molecule has 0 aliphatic carbocycles. The molecule has 0 amide bonds. The van der Waals surface area contributed by atoms with Crippen molar-refractivity contribution in [1.82, 2.24) is 15.3 Å². The summed E-state index contributed by atoms with van der Waals surface area (Å²) in [5, 5.41) is 3.39. The molecular formula is C12H20N4O. The lowest BCUT2D eigenvalue weighted by atomic mass is 10.0. The van der Waals surface area contributed by atoms with Gasteiger partial charge in [0.1, 0.15) is 0 Å². The second-order valence-electron chi connectivity index (χ2n) is 4.77. The van der Waals surface area contributed by atoms with Crippen molar-refractivity contribution in [2.75, 3.05) is 31.1 Å². The molecule has 1 aliphatic heterocycles. The van der Waals surface area contributed by atoms with E-state index in [4.69, 9.17) is 4.74 Å². The van der Waals surface area contributed by atoms with Crippen LogP contribution in [0, 0.1) is 0 Å².